The lowest BCUT2D eigenvalue weighted by molar-refractivity contribution is -0.135. The molecule has 1 aromatic rings. The van der Waals surface area contributed by atoms with Gasteiger partial charge in [0, 0.05) is 29.3 Å². The van der Waals surface area contributed by atoms with Crippen LogP contribution in [0, 0.1) is 12.8 Å². The number of aryl methyl sites for hydroxylation is 1. The second kappa shape index (κ2) is 5.46. The molecule has 0 aliphatic rings. The summed E-state index contributed by atoms with van der Waals surface area (Å²) in [4.78, 5) is 16.2. The number of hydrogen-bond donors (Lipinski definition) is 1. The van der Waals surface area contributed by atoms with Gasteiger partial charge in [-0.25, -0.2) is 0 Å². The molecule has 1 rings (SSSR count). The number of rotatable bonds is 4. The summed E-state index contributed by atoms with van der Waals surface area (Å²) in [6.45, 7) is 6.39. The summed E-state index contributed by atoms with van der Waals surface area (Å²) >= 11 is 1.74. The number of thiophene rings is 1. The van der Waals surface area contributed by atoms with Crippen LogP contribution in [-0.4, -0.2) is 24.4 Å². The Kier molecular flexibility index (Phi) is 4.50. The molecule has 1 aromatic heterocycles. The van der Waals surface area contributed by atoms with Crippen LogP contribution in [0.15, 0.2) is 12.1 Å². The van der Waals surface area contributed by atoms with Gasteiger partial charge in [0.2, 0.25) is 5.91 Å². The zero-order valence-electron chi connectivity index (χ0n) is 10.4. The van der Waals surface area contributed by atoms with E-state index in [1.807, 2.05) is 20.9 Å². The summed E-state index contributed by atoms with van der Waals surface area (Å²) in [6.07, 6.45) is 0. The van der Waals surface area contributed by atoms with Crippen molar-refractivity contribution in [3.63, 3.8) is 0 Å². The number of nitrogens with two attached hydrogens (primary N) is 1. The maximum Gasteiger partial charge on any atom is 0.226 e. The summed E-state index contributed by atoms with van der Waals surface area (Å²) in [5, 5.41) is 0. The highest BCUT2D eigenvalue weighted by atomic mass is 32.1. The van der Waals surface area contributed by atoms with E-state index in [9.17, 15) is 4.79 Å². The minimum Gasteiger partial charge on any atom is -0.338 e. The second-order valence-electron chi connectivity index (χ2n) is 4.21. The number of amides is 1. The molecule has 3 nitrogen and oxygen atoms in total. The maximum atomic E-state index is 11.9. The zero-order chi connectivity index (χ0) is 12.3. The molecule has 1 heterocycles. The Balaban J connectivity index is 2.74. The molecule has 0 saturated heterocycles. The first-order valence-electron chi connectivity index (χ1n) is 5.50. The fourth-order valence-corrected chi connectivity index (χ4v) is 2.48. The molecule has 16 heavy (non-hydrogen) atoms. The Morgan fingerprint density at radius 2 is 2.12 bits per heavy atom. The van der Waals surface area contributed by atoms with Crippen LogP contribution >= 0.6 is 11.3 Å². The van der Waals surface area contributed by atoms with Crippen molar-refractivity contribution in [1.29, 1.82) is 0 Å². The Hall–Kier alpha value is -0.870. The highest BCUT2D eigenvalue weighted by Gasteiger charge is 2.22. The van der Waals surface area contributed by atoms with E-state index in [4.69, 9.17) is 5.73 Å². The van der Waals surface area contributed by atoms with E-state index in [0.29, 0.717) is 6.54 Å². The van der Waals surface area contributed by atoms with E-state index in [1.165, 1.54) is 9.75 Å². The van der Waals surface area contributed by atoms with Crippen LogP contribution in [0.2, 0.25) is 0 Å². The third kappa shape index (κ3) is 2.83. The molecule has 2 atom stereocenters. The van der Waals surface area contributed by atoms with Gasteiger partial charge in [0.15, 0.2) is 0 Å². The first-order chi connectivity index (χ1) is 7.47. The Bertz CT molecular complexity index is 362. The highest BCUT2D eigenvalue weighted by Crippen LogP contribution is 2.26. The van der Waals surface area contributed by atoms with Crippen molar-refractivity contribution in [3.05, 3.63) is 21.9 Å². The summed E-state index contributed by atoms with van der Waals surface area (Å²) < 4.78 is 0. The number of hydrogen-bond acceptors (Lipinski definition) is 3. The van der Waals surface area contributed by atoms with Gasteiger partial charge in [0.05, 0.1) is 6.04 Å². The molecule has 0 aliphatic heterocycles. The average molecular weight is 240 g/mol. The Morgan fingerprint density at radius 3 is 2.56 bits per heavy atom. The SMILES string of the molecule is Cc1ccc(C(C)N(C)C(=O)C(C)CN)s1. The molecular weight excluding hydrogens is 220 g/mol. The molecule has 90 valence electrons. The van der Waals surface area contributed by atoms with Crippen LogP contribution in [0.4, 0.5) is 0 Å². The Morgan fingerprint density at radius 1 is 1.50 bits per heavy atom. The predicted molar refractivity (Wildman–Crippen MR) is 68.5 cm³/mol. The zero-order valence-corrected chi connectivity index (χ0v) is 11.2. The molecule has 0 fully saturated rings. The van der Waals surface area contributed by atoms with Crippen molar-refractivity contribution in [2.45, 2.75) is 26.8 Å². The van der Waals surface area contributed by atoms with Gasteiger partial charge in [-0.3, -0.25) is 4.79 Å². The van der Waals surface area contributed by atoms with Crippen molar-refractivity contribution >= 4 is 17.2 Å². The van der Waals surface area contributed by atoms with E-state index >= 15 is 0 Å². The molecule has 0 radical (unpaired) electrons. The van der Waals surface area contributed by atoms with Crippen LogP contribution < -0.4 is 5.73 Å². The Labute approximate surface area is 101 Å². The first kappa shape index (κ1) is 13.2. The summed E-state index contributed by atoms with van der Waals surface area (Å²) in [7, 11) is 1.84. The normalized spacial score (nSPS) is 14.6. The van der Waals surface area contributed by atoms with Gasteiger partial charge >= 0.3 is 0 Å². The van der Waals surface area contributed by atoms with Crippen molar-refractivity contribution in [1.82, 2.24) is 4.90 Å². The number of carbonyl (C=O) groups excluding carboxylic acids is 1. The van der Waals surface area contributed by atoms with Gasteiger partial charge in [0.25, 0.3) is 0 Å². The summed E-state index contributed by atoms with van der Waals surface area (Å²) in [6, 6.07) is 4.29. The molecule has 0 aliphatic carbocycles. The van der Waals surface area contributed by atoms with Crippen molar-refractivity contribution < 1.29 is 4.79 Å². The lowest BCUT2D eigenvalue weighted by Crippen LogP contribution is -2.36. The van der Waals surface area contributed by atoms with Crippen molar-refractivity contribution in [2.24, 2.45) is 11.7 Å². The minimum atomic E-state index is -0.103. The van der Waals surface area contributed by atoms with E-state index in [1.54, 1.807) is 16.2 Å². The molecule has 0 spiro atoms. The predicted octanol–water partition coefficient (Wildman–Crippen LogP) is 2.17. The minimum absolute atomic E-state index is 0.103. The molecule has 0 saturated carbocycles. The van der Waals surface area contributed by atoms with E-state index in [2.05, 4.69) is 19.1 Å². The molecule has 4 heteroatoms. The van der Waals surface area contributed by atoms with Crippen LogP contribution in [0.25, 0.3) is 0 Å². The summed E-state index contributed by atoms with van der Waals surface area (Å²) in [5.41, 5.74) is 5.51. The monoisotopic (exact) mass is 240 g/mol. The topological polar surface area (TPSA) is 46.3 Å². The van der Waals surface area contributed by atoms with Gasteiger partial charge in [-0.1, -0.05) is 6.92 Å². The fourth-order valence-electron chi connectivity index (χ4n) is 1.51. The van der Waals surface area contributed by atoms with Gasteiger partial charge in [0.1, 0.15) is 0 Å². The van der Waals surface area contributed by atoms with Crippen LogP contribution in [0.1, 0.15) is 29.6 Å². The number of nitrogens with zero attached hydrogens (tertiary/aromatic N) is 1. The molecule has 2 N–H and O–H groups in total. The van der Waals surface area contributed by atoms with Gasteiger partial charge in [-0.05, 0) is 26.0 Å². The standard InChI is InChI=1S/C12H20N2OS/c1-8(7-13)12(15)14(4)10(3)11-6-5-9(2)16-11/h5-6,8,10H,7,13H2,1-4H3. The van der Waals surface area contributed by atoms with Crippen LogP contribution in [0.5, 0.6) is 0 Å². The summed E-state index contributed by atoms with van der Waals surface area (Å²) in [5.74, 6) is 0.00885. The number of carbonyl (C=O) groups is 1. The van der Waals surface area contributed by atoms with Crippen LogP contribution in [-0.2, 0) is 4.79 Å². The molecule has 1 amide bonds. The van der Waals surface area contributed by atoms with Crippen molar-refractivity contribution in [2.75, 3.05) is 13.6 Å². The third-order valence-corrected chi connectivity index (χ3v) is 4.05. The van der Waals surface area contributed by atoms with E-state index in [-0.39, 0.29) is 17.9 Å². The molecule has 2 unspecified atom stereocenters. The molecule has 0 aromatic carbocycles. The second-order valence-corrected chi connectivity index (χ2v) is 5.53. The fraction of sp³-hybridized carbons (Fsp3) is 0.583. The smallest absolute Gasteiger partial charge is 0.226 e. The van der Waals surface area contributed by atoms with Gasteiger partial charge in [-0.2, -0.15) is 0 Å². The molecular formula is C12H20N2OS. The van der Waals surface area contributed by atoms with E-state index < -0.39 is 0 Å². The largest absolute Gasteiger partial charge is 0.338 e. The average Bonchev–Trinajstić information content (AvgIpc) is 2.71. The first-order valence-corrected chi connectivity index (χ1v) is 6.32. The highest BCUT2D eigenvalue weighted by molar-refractivity contribution is 7.12. The molecule has 0 bridgehead atoms. The van der Waals surface area contributed by atoms with Gasteiger partial charge in [-0.15, -0.1) is 11.3 Å². The quantitative estimate of drug-likeness (QED) is 0.876. The lowest BCUT2D eigenvalue weighted by Gasteiger charge is -2.26. The van der Waals surface area contributed by atoms with Crippen molar-refractivity contribution in [3.8, 4) is 0 Å². The maximum absolute atomic E-state index is 11.9. The third-order valence-electron chi connectivity index (χ3n) is 2.88. The van der Waals surface area contributed by atoms with Crippen LogP contribution in [0.3, 0.4) is 0 Å². The lowest BCUT2D eigenvalue weighted by atomic mass is 10.1. The van der Waals surface area contributed by atoms with Gasteiger partial charge < -0.3 is 10.6 Å². The van der Waals surface area contributed by atoms with E-state index in [0.717, 1.165) is 0 Å².